The van der Waals surface area contributed by atoms with Crippen LogP contribution in [0.1, 0.15) is 19.4 Å². The van der Waals surface area contributed by atoms with Crippen molar-refractivity contribution < 1.29 is 18.3 Å². The maximum Gasteiger partial charge on any atom is 0.387 e. The van der Waals surface area contributed by atoms with Gasteiger partial charge >= 0.3 is 6.61 Å². The van der Waals surface area contributed by atoms with Crippen LogP contribution in [0, 0.1) is 0 Å². The fourth-order valence-electron chi connectivity index (χ4n) is 1.35. The van der Waals surface area contributed by atoms with Gasteiger partial charge < -0.3 is 14.8 Å². The molecule has 0 unspecified atom stereocenters. The number of benzene rings is 1. The third-order valence-electron chi connectivity index (χ3n) is 2.18. The lowest BCUT2D eigenvalue weighted by Crippen LogP contribution is -2.22. The van der Waals surface area contributed by atoms with E-state index < -0.39 is 6.61 Å². The van der Waals surface area contributed by atoms with Gasteiger partial charge in [-0.05, 0) is 18.2 Å². The lowest BCUT2D eigenvalue weighted by molar-refractivity contribution is -0.0505. The Hall–Kier alpha value is -1.36. The molecule has 17 heavy (non-hydrogen) atoms. The summed E-state index contributed by atoms with van der Waals surface area (Å²) in [5.41, 5.74) is 0.651. The number of hydrogen-bond acceptors (Lipinski definition) is 3. The Morgan fingerprint density at radius 2 is 2.00 bits per heavy atom. The van der Waals surface area contributed by atoms with E-state index in [9.17, 15) is 8.78 Å². The lowest BCUT2D eigenvalue weighted by atomic mass is 10.2. The van der Waals surface area contributed by atoms with Gasteiger partial charge in [0.1, 0.15) is 11.5 Å². The highest BCUT2D eigenvalue weighted by atomic mass is 19.3. The van der Waals surface area contributed by atoms with Gasteiger partial charge in [-0.2, -0.15) is 8.78 Å². The van der Waals surface area contributed by atoms with Gasteiger partial charge in [-0.15, -0.1) is 0 Å². The number of nitrogens with one attached hydrogen (secondary N) is 1. The van der Waals surface area contributed by atoms with E-state index in [1.807, 2.05) is 13.8 Å². The van der Waals surface area contributed by atoms with Crippen LogP contribution in [0.3, 0.4) is 0 Å². The SMILES string of the molecule is COc1ccc(OC(F)F)c(CNC(C)C)c1. The van der Waals surface area contributed by atoms with Gasteiger partial charge in [0, 0.05) is 18.2 Å². The van der Waals surface area contributed by atoms with E-state index in [1.54, 1.807) is 12.1 Å². The van der Waals surface area contributed by atoms with E-state index in [2.05, 4.69) is 10.1 Å². The van der Waals surface area contributed by atoms with Gasteiger partial charge in [0.05, 0.1) is 7.11 Å². The second-order valence-electron chi connectivity index (χ2n) is 3.89. The van der Waals surface area contributed by atoms with Crippen LogP contribution in [0.2, 0.25) is 0 Å². The van der Waals surface area contributed by atoms with Crippen LogP contribution in [-0.2, 0) is 6.54 Å². The van der Waals surface area contributed by atoms with Crippen molar-refractivity contribution in [2.24, 2.45) is 0 Å². The molecule has 1 aromatic rings. The van der Waals surface area contributed by atoms with Crippen molar-refractivity contribution in [3.05, 3.63) is 23.8 Å². The van der Waals surface area contributed by atoms with E-state index in [0.717, 1.165) is 0 Å². The first-order valence-corrected chi connectivity index (χ1v) is 5.38. The molecule has 0 amide bonds. The summed E-state index contributed by atoms with van der Waals surface area (Å²) in [6.45, 7) is 1.60. The van der Waals surface area contributed by atoms with E-state index >= 15 is 0 Å². The predicted molar refractivity (Wildman–Crippen MR) is 61.6 cm³/mol. The maximum atomic E-state index is 12.2. The Kier molecular flexibility index (Phi) is 5.15. The van der Waals surface area contributed by atoms with Crippen LogP contribution >= 0.6 is 0 Å². The minimum Gasteiger partial charge on any atom is -0.497 e. The first-order valence-electron chi connectivity index (χ1n) is 5.38. The predicted octanol–water partition coefficient (Wildman–Crippen LogP) is 2.79. The zero-order chi connectivity index (χ0) is 12.8. The average molecular weight is 245 g/mol. The van der Waals surface area contributed by atoms with Crippen molar-refractivity contribution in [3.63, 3.8) is 0 Å². The highest BCUT2D eigenvalue weighted by Crippen LogP contribution is 2.25. The zero-order valence-corrected chi connectivity index (χ0v) is 10.2. The van der Waals surface area contributed by atoms with Crippen molar-refractivity contribution in [1.82, 2.24) is 5.32 Å². The Bertz CT molecular complexity index is 356. The van der Waals surface area contributed by atoms with Gasteiger partial charge in [0.2, 0.25) is 0 Å². The average Bonchev–Trinajstić information content (AvgIpc) is 2.27. The van der Waals surface area contributed by atoms with Crippen LogP contribution in [0.4, 0.5) is 8.78 Å². The van der Waals surface area contributed by atoms with Gasteiger partial charge in [-0.1, -0.05) is 13.8 Å². The highest BCUT2D eigenvalue weighted by molar-refractivity contribution is 5.40. The van der Waals surface area contributed by atoms with E-state index in [1.165, 1.54) is 13.2 Å². The van der Waals surface area contributed by atoms with E-state index in [-0.39, 0.29) is 11.8 Å². The Morgan fingerprint density at radius 1 is 1.29 bits per heavy atom. The zero-order valence-electron chi connectivity index (χ0n) is 10.2. The van der Waals surface area contributed by atoms with Gasteiger partial charge in [0.25, 0.3) is 0 Å². The van der Waals surface area contributed by atoms with Crippen molar-refractivity contribution in [2.75, 3.05) is 7.11 Å². The number of methoxy groups -OCH3 is 1. The molecular weight excluding hydrogens is 228 g/mol. The molecule has 0 fully saturated rings. The van der Waals surface area contributed by atoms with Gasteiger partial charge in [-0.25, -0.2) is 0 Å². The van der Waals surface area contributed by atoms with Crippen molar-refractivity contribution in [1.29, 1.82) is 0 Å². The number of hydrogen-bond donors (Lipinski definition) is 1. The molecule has 0 aliphatic heterocycles. The maximum absolute atomic E-state index is 12.2. The van der Waals surface area contributed by atoms with Crippen molar-refractivity contribution in [2.45, 2.75) is 33.0 Å². The number of alkyl halides is 2. The molecule has 1 aromatic carbocycles. The van der Waals surface area contributed by atoms with Crippen LogP contribution in [0.5, 0.6) is 11.5 Å². The summed E-state index contributed by atoms with van der Waals surface area (Å²) >= 11 is 0. The minimum atomic E-state index is -2.82. The number of ether oxygens (including phenoxy) is 2. The topological polar surface area (TPSA) is 30.5 Å². The van der Waals surface area contributed by atoms with E-state index in [0.29, 0.717) is 17.9 Å². The molecule has 0 radical (unpaired) electrons. The minimum absolute atomic E-state index is 0.175. The van der Waals surface area contributed by atoms with Crippen LogP contribution in [0.15, 0.2) is 18.2 Å². The smallest absolute Gasteiger partial charge is 0.387 e. The summed E-state index contributed by atoms with van der Waals surface area (Å²) in [5, 5.41) is 3.15. The van der Waals surface area contributed by atoms with Crippen molar-refractivity contribution >= 4 is 0 Å². The standard InChI is InChI=1S/C12H17F2NO2/c1-8(2)15-7-9-6-10(16-3)4-5-11(9)17-12(13)14/h4-6,8,12,15H,7H2,1-3H3. The molecule has 0 saturated carbocycles. The molecule has 0 bridgehead atoms. The molecule has 0 aliphatic rings. The molecule has 0 saturated heterocycles. The summed E-state index contributed by atoms with van der Waals surface area (Å²) in [6.07, 6.45) is 0. The molecule has 0 heterocycles. The first kappa shape index (κ1) is 13.7. The van der Waals surface area contributed by atoms with Crippen LogP contribution in [-0.4, -0.2) is 19.8 Å². The normalized spacial score (nSPS) is 11.0. The summed E-state index contributed by atoms with van der Waals surface area (Å²) < 4.78 is 33.9. The summed E-state index contributed by atoms with van der Waals surface area (Å²) in [6, 6.07) is 5.03. The summed E-state index contributed by atoms with van der Waals surface area (Å²) in [4.78, 5) is 0. The monoisotopic (exact) mass is 245 g/mol. The number of rotatable bonds is 6. The Labute approximate surface area is 99.7 Å². The fraction of sp³-hybridized carbons (Fsp3) is 0.500. The second kappa shape index (κ2) is 6.39. The van der Waals surface area contributed by atoms with Gasteiger partial charge in [0.15, 0.2) is 0 Å². The Balaban J connectivity index is 2.86. The third-order valence-corrected chi connectivity index (χ3v) is 2.18. The molecule has 96 valence electrons. The lowest BCUT2D eigenvalue weighted by Gasteiger charge is -2.14. The highest BCUT2D eigenvalue weighted by Gasteiger charge is 2.11. The first-order chi connectivity index (χ1) is 8.02. The molecule has 0 atom stereocenters. The molecule has 1 rings (SSSR count). The van der Waals surface area contributed by atoms with Crippen LogP contribution in [0.25, 0.3) is 0 Å². The van der Waals surface area contributed by atoms with E-state index in [4.69, 9.17) is 4.74 Å². The Morgan fingerprint density at radius 3 is 2.53 bits per heavy atom. The van der Waals surface area contributed by atoms with Gasteiger partial charge in [-0.3, -0.25) is 0 Å². The molecule has 3 nitrogen and oxygen atoms in total. The third kappa shape index (κ3) is 4.56. The second-order valence-corrected chi connectivity index (χ2v) is 3.89. The quantitative estimate of drug-likeness (QED) is 0.836. The number of halogens is 2. The summed E-state index contributed by atoms with van der Waals surface area (Å²) in [7, 11) is 1.53. The molecular formula is C12H17F2NO2. The van der Waals surface area contributed by atoms with Crippen LogP contribution < -0.4 is 14.8 Å². The summed E-state index contributed by atoms with van der Waals surface area (Å²) in [5.74, 6) is 0.793. The van der Waals surface area contributed by atoms with Crippen molar-refractivity contribution in [3.8, 4) is 11.5 Å². The molecule has 0 aliphatic carbocycles. The molecule has 0 spiro atoms. The fourth-order valence-corrected chi connectivity index (χ4v) is 1.35. The molecule has 1 N–H and O–H groups in total. The largest absolute Gasteiger partial charge is 0.497 e. The molecule has 0 aromatic heterocycles. The molecule has 5 heteroatoms.